The molecule has 0 unspecified atom stereocenters. The van der Waals surface area contributed by atoms with Crippen LogP contribution < -0.4 is 10.9 Å². The van der Waals surface area contributed by atoms with Crippen LogP contribution in [0.15, 0.2) is 23.3 Å². The lowest BCUT2D eigenvalue weighted by Gasteiger charge is -2.07. The lowest BCUT2D eigenvalue weighted by atomic mass is 10.2. The first-order valence-electron chi connectivity index (χ1n) is 5.48. The molecule has 2 rings (SSSR count). The number of nitrogens with zero attached hydrogens (tertiary/aromatic N) is 2. The van der Waals surface area contributed by atoms with E-state index in [2.05, 4.69) is 25.3 Å². The minimum atomic E-state index is -0.148. The van der Waals surface area contributed by atoms with E-state index in [1.807, 2.05) is 13.8 Å². The fraction of sp³-hybridized carbons (Fsp3) is 0.364. The van der Waals surface area contributed by atoms with Crippen LogP contribution in [-0.2, 0) is 6.54 Å². The molecule has 0 aromatic carbocycles. The predicted molar refractivity (Wildman–Crippen MR) is 64.9 cm³/mol. The lowest BCUT2D eigenvalue weighted by Crippen LogP contribution is -2.14. The molecule has 2 heterocycles. The fourth-order valence-electron chi connectivity index (χ4n) is 1.41. The highest BCUT2D eigenvalue weighted by molar-refractivity contribution is 5.33. The van der Waals surface area contributed by atoms with Gasteiger partial charge in [0.1, 0.15) is 17.5 Å². The molecule has 90 valence electrons. The molecule has 0 amide bonds. The number of hydrogen-bond acceptors (Lipinski definition) is 4. The van der Waals surface area contributed by atoms with Crippen LogP contribution in [-0.4, -0.2) is 19.9 Å². The second-order valence-corrected chi connectivity index (χ2v) is 4.06. The molecule has 6 heteroatoms. The minimum Gasteiger partial charge on any atom is -0.363 e. The maximum absolute atomic E-state index is 11.4. The van der Waals surface area contributed by atoms with Gasteiger partial charge < -0.3 is 15.3 Å². The van der Waals surface area contributed by atoms with Gasteiger partial charge in [-0.05, 0) is 0 Å². The SMILES string of the molecule is CC(C)c1nc(NCc2ncc[nH]2)cc(=O)[nH]1. The van der Waals surface area contributed by atoms with Gasteiger partial charge in [0.25, 0.3) is 5.56 Å². The first-order valence-corrected chi connectivity index (χ1v) is 5.48. The van der Waals surface area contributed by atoms with Crippen LogP contribution in [0.1, 0.15) is 31.4 Å². The summed E-state index contributed by atoms with van der Waals surface area (Å²) >= 11 is 0. The van der Waals surface area contributed by atoms with Crippen molar-refractivity contribution in [2.75, 3.05) is 5.32 Å². The van der Waals surface area contributed by atoms with E-state index in [0.29, 0.717) is 18.2 Å². The molecule has 17 heavy (non-hydrogen) atoms. The van der Waals surface area contributed by atoms with E-state index in [1.165, 1.54) is 6.07 Å². The molecule has 0 saturated carbocycles. The average molecular weight is 233 g/mol. The summed E-state index contributed by atoms with van der Waals surface area (Å²) in [6.07, 6.45) is 3.43. The predicted octanol–water partition coefficient (Wildman–Crippen LogP) is 1.23. The van der Waals surface area contributed by atoms with Crippen molar-refractivity contribution in [1.29, 1.82) is 0 Å². The molecule has 0 aliphatic heterocycles. The Kier molecular flexibility index (Phi) is 3.22. The number of H-pyrrole nitrogens is 2. The Morgan fingerprint density at radius 3 is 2.94 bits per heavy atom. The van der Waals surface area contributed by atoms with Gasteiger partial charge in [0, 0.05) is 24.4 Å². The molecule has 0 aliphatic rings. The van der Waals surface area contributed by atoms with Crippen LogP contribution >= 0.6 is 0 Å². The Bertz CT molecular complexity index is 529. The quantitative estimate of drug-likeness (QED) is 0.741. The Labute approximate surface area is 98.5 Å². The van der Waals surface area contributed by atoms with Crippen molar-refractivity contribution in [3.63, 3.8) is 0 Å². The number of aromatic nitrogens is 4. The van der Waals surface area contributed by atoms with Gasteiger partial charge in [-0.3, -0.25) is 4.79 Å². The van der Waals surface area contributed by atoms with Gasteiger partial charge in [-0.25, -0.2) is 9.97 Å². The summed E-state index contributed by atoms with van der Waals surface area (Å²) in [5, 5.41) is 3.06. The zero-order valence-electron chi connectivity index (χ0n) is 9.82. The highest BCUT2D eigenvalue weighted by atomic mass is 16.1. The van der Waals surface area contributed by atoms with Gasteiger partial charge in [0.15, 0.2) is 0 Å². The minimum absolute atomic E-state index is 0.148. The molecule has 2 aromatic rings. The largest absolute Gasteiger partial charge is 0.363 e. The number of imidazole rings is 1. The van der Waals surface area contributed by atoms with E-state index in [0.717, 1.165) is 5.82 Å². The van der Waals surface area contributed by atoms with Gasteiger partial charge in [-0.2, -0.15) is 0 Å². The van der Waals surface area contributed by atoms with E-state index >= 15 is 0 Å². The maximum Gasteiger partial charge on any atom is 0.252 e. The van der Waals surface area contributed by atoms with E-state index in [-0.39, 0.29) is 11.5 Å². The zero-order chi connectivity index (χ0) is 12.3. The molecular weight excluding hydrogens is 218 g/mol. The van der Waals surface area contributed by atoms with Crippen LogP contribution in [0.4, 0.5) is 5.82 Å². The van der Waals surface area contributed by atoms with Gasteiger partial charge in [-0.1, -0.05) is 13.8 Å². The highest BCUT2D eigenvalue weighted by Crippen LogP contribution is 2.09. The molecular formula is C11H15N5O. The van der Waals surface area contributed by atoms with Crippen LogP contribution in [0.2, 0.25) is 0 Å². The molecule has 2 aromatic heterocycles. The second-order valence-electron chi connectivity index (χ2n) is 4.06. The Balaban J connectivity index is 2.13. The number of nitrogens with one attached hydrogen (secondary N) is 3. The number of hydrogen-bond donors (Lipinski definition) is 3. The summed E-state index contributed by atoms with van der Waals surface area (Å²) < 4.78 is 0. The summed E-state index contributed by atoms with van der Waals surface area (Å²) in [6, 6.07) is 1.44. The van der Waals surface area contributed by atoms with Crippen LogP contribution in [0.3, 0.4) is 0 Å². The van der Waals surface area contributed by atoms with Crippen molar-refractivity contribution in [2.45, 2.75) is 26.3 Å². The smallest absolute Gasteiger partial charge is 0.252 e. The monoisotopic (exact) mass is 233 g/mol. The molecule has 6 nitrogen and oxygen atoms in total. The van der Waals surface area contributed by atoms with Crippen molar-refractivity contribution < 1.29 is 0 Å². The summed E-state index contributed by atoms with van der Waals surface area (Å²) in [4.78, 5) is 25.5. The van der Waals surface area contributed by atoms with Crippen LogP contribution in [0, 0.1) is 0 Å². The zero-order valence-corrected chi connectivity index (χ0v) is 9.82. The summed E-state index contributed by atoms with van der Waals surface area (Å²) in [5.41, 5.74) is -0.148. The topological polar surface area (TPSA) is 86.5 Å². The van der Waals surface area contributed by atoms with Crippen LogP contribution in [0.5, 0.6) is 0 Å². The Morgan fingerprint density at radius 1 is 1.47 bits per heavy atom. The van der Waals surface area contributed by atoms with E-state index < -0.39 is 0 Å². The van der Waals surface area contributed by atoms with E-state index in [9.17, 15) is 4.79 Å². The van der Waals surface area contributed by atoms with Crippen molar-refractivity contribution in [3.8, 4) is 0 Å². The van der Waals surface area contributed by atoms with Gasteiger partial charge in [0.05, 0.1) is 6.54 Å². The maximum atomic E-state index is 11.4. The van der Waals surface area contributed by atoms with E-state index in [4.69, 9.17) is 0 Å². The second kappa shape index (κ2) is 4.82. The van der Waals surface area contributed by atoms with Crippen molar-refractivity contribution in [3.05, 3.63) is 40.5 Å². The third kappa shape index (κ3) is 2.93. The highest BCUT2D eigenvalue weighted by Gasteiger charge is 2.05. The first kappa shape index (κ1) is 11.4. The van der Waals surface area contributed by atoms with Gasteiger partial charge in [0.2, 0.25) is 0 Å². The van der Waals surface area contributed by atoms with Crippen molar-refractivity contribution >= 4 is 5.82 Å². The lowest BCUT2D eigenvalue weighted by molar-refractivity contribution is 0.766. The van der Waals surface area contributed by atoms with E-state index in [1.54, 1.807) is 12.4 Å². The molecule has 0 spiro atoms. The van der Waals surface area contributed by atoms with Crippen molar-refractivity contribution in [2.24, 2.45) is 0 Å². The molecule has 0 aliphatic carbocycles. The fourth-order valence-corrected chi connectivity index (χ4v) is 1.41. The molecule has 0 bridgehead atoms. The Hall–Kier alpha value is -2.11. The summed E-state index contributed by atoms with van der Waals surface area (Å²) in [5.74, 6) is 2.24. The number of rotatable bonds is 4. The molecule has 0 saturated heterocycles. The number of aromatic amines is 2. The Morgan fingerprint density at radius 2 is 2.29 bits per heavy atom. The van der Waals surface area contributed by atoms with Crippen molar-refractivity contribution in [1.82, 2.24) is 19.9 Å². The molecule has 3 N–H and O–H groups in total. The third-order valence-corrected chi connectivity index (χ3v) is 2.30. The van der Waals surface area contributed by atoms with Gasteiger partial charge in [-0.15, -0.1) is 0 Å². The standard InChI is InChI=1S/C11H15N5O/c1-7(2)11-15-8(5-10(17)16-11)14-6-9-12-3-4-13-9/h3-5,7H,6H2,1-2H3,(H,12,13)(H2,14,15,16,17). The first-order chi connectivity index (χ1) is 8.15. The molecule has 0 fully saturated rings. The summed E-state index contributed by atoms with van der Waals surface area (Å²) in [6.45, 7) is 4.48. The van der Waals surface area contributed by atoms with Gasteiger partial charge >= 0.3 is 0 Å². The molecule has 0 atom stereocenters. The average Bonchev–Trinajstić information content (AvgIpc) is 2.78. The summed E-state index contributed by atoms with van der Waals surface area (Å²) in [7, 11) is 0. The van der Waals surface area contributed by atoms with Crippen LogP contribution in [0.25, 0.3) is 0 Å². The third-order valence-electron chi connectivity index (χ3n) is 2.30. The number of anilines is 1. The normalized spacial score (nSPS) is 10.8. The molecule has 0 radical (unpaired) electrons.